The molecule has 1 saturated heterocycles. The standard InChI is InChI=1S/C26H28N2O5S/c1-32-25-13-12-22(34(30,31)28-14-16-33-17-15-28)18-24(25)27-26(29)19-23(20-8-4-2-5-9-20)21-10-6-3-7-11-21/h2-13,18,23H,14-17,19H2,1H3,(H,27,29). The zero-order chi connectivity index (χ0) is 24.0. The van der Waals surface area contributed by atoms with Crippen LogP contribution in [0.2, 0.25) is 0 Å². The van der Waals surface area contributed by atoms with Gasteiger partial charge in [0.05, 0.1) is 30.9 Å². The summed E-state index contributed by atoms with van der Waals surface area (Å²) in [5.74, 6) is 0.0100. The van der Waals surface area contributed by atoms with E-state index in [0.29, 0.717) is 37.7 Å². The second-order valence-electron chi connectivity index (χ2n) is 8.00. The SMILES string of the molecule is COc1ccc(S(=O)(=O)N2CCOCC2)cc1NC(=O)CC(c1ccccc1)c1ccccc1. The van der Waals surface area contributed by atoms with Crippen LogP contribution < -0.4 is 10.1 Å². The maximum Gasteiger partial charge on any atom is 0.243 e. The first kappa shape index (κ1) is 23.9. The molecule has 0 spiro atoms. The van der Waals surface area contributed by atoms with Gasteiger partial charge >= 0.3 is 0 Å². The normalized spacial score (nSPS) is 14.6. The molecule has 4 rings (SSSR count). The van der Waals surface area contributed by atoms with E-state index in [0.717, 1.165) is 11.1 Å². The van der Waals surface area contributed by atoms with Crippen molar-refractivity contribution in [3.8, 4) is 5.75 Å². The quantitative estimate of drug-likeness (QED) is 0.529. The molecule has 34 heavy (non-hydrogen) atoms. The fourth-order valence-electron chi connectivity index (χ4n) is 4.07. The summed E-state index contributed by atoms with van der Waals surface area (Å²) in [4.78, 5) is 13.3. The molecule has 178 valence electrons. The van der Waals surface area contributed by atoms with Gasteiger partial charge in [-0.1, -0.05) is 60.7 Å². The van der Waals surface area contributed by atoms with Crippen molar-refractivity contribution in [3.05, 3.63) is 90.0 Å². The van der Waals surface area contributed by atoms with E-state index < -0.39 is 10.0 Å². The molecule has 0 bridgehead atoms. The van der Waals surface area contributed by atoms with Gasteiger partial charge in [-0.25, -0.2) is 8.42 Å². The number of hydrogen-bond acceptors (Lipinski definition) is 5. The number of nitrogens with zero attached hydrogens (tertiary/aromatic N) is 1. The number of benzene rings is 3. The van der Waals surface area contributed by atoms with Gasteiger partial charge in [-0.05, 0) is 29.3 Å². The Balaban J connectivity index is 1.58. The molecule has 0 aliphatic carbocycles. The van der Waals surface area contributed by atoms with Gasteiger partial charge in [0, 0.05) is 25.4 Å². The zero-order valence-corrected chi connectivity index (χ0v) is 19.8. The van der Waals surface area contributed by atoms with E-state index in [1.165, 1.54) is 23.5 Å². The molecular formula is C26H28N2O5S. The molecule has 0 aromatic heterocycles. The second kappa shape index (κ2) is 10.8. The van der Waals surface area contributed by atoms with Crippen LogP contribution in [0.4, 0.5) is 5.69 Å². The van der Waals surface area contributed by atoms with Crippen LogP contribution in [0.5, 0.6) is 5.75 Å². The molecule has 7 nitrogen and oxygen atoms in total. The number of ether oxygens (including phenoxy) is 2. The minimum absolute atomic E-state index is 0.105. The highest BCUT2D eigenvalue weighted by molar-refractivity contribution is 7.89. The van der Waals surface area contributed by atoms with Crippen molar-refractivity contribution in [1.82, 2.24) is 4.31 Å². The van der Waals surface area contributed by atoms with Crippen LogP contribution in [0.15, 0.2) is 83.8 Å². The molecule has 8 heteroatoms. The van der Waals surface area contributed by atoms with Crippen LogP contribution in [0, 0.1) is 0 Å². The molecule has 0 radical (unpaired) electrons. The van der Waals surface area contributed by atoms with Crippen LogP contribution in [-0.2, 0) is 19.6 Å². The lowest BCUT2D eigenvalue weighted by Crippen LogP contribution is -2.40. The summed E-state index contributed by atoms with van der Waals surface area (Å²) < 4.78 is 38.2. The van der Waals surface area contributed by atoms with Crippen molar-refractivity contribution in [2.45, 2.75) is 17.2 Å². The molecule has 0 unspecified atom stereocenters. The number of anilines is 1. The third kappa shape index (κ3) is 5.47. The predicted molar refractivity (Wildman–Crippen MR) is 131 cm³/mol. The lowest BCUT2D eigenvalue weighted by molar-refractivity contribution is -0.116. The van der Waals surface area contributed by atoms with Gasteiger partial charge in [0.2, 0.25) is 15.9 Å². The summed E-state index contributed by atoms with van der Waals surface area (Å²) in [7, 11) is -2.22. The topological polar surface area (TPSA) is 84.9 Å². The summed E-state index contributed by atoms with van der Waals surface area (Å²) in [5, 5.41) is 2.88. The van der Waals surface area contributed by atoms with Crippen LogP contribution in [-0.4, -0.2) is 52.0 Å². The summed E-state index contributed by atoms with van der Waals surface area (Å²) >= 11 is 0. The molecular weight excluding hydrogens is 452 g/mol. The number of carbonyl (C=O) groups is 1. The number of carbonyl (C=O) groups excluding carboxylic acids is 1. The third-order valence-corrected chi connectivity index (χ3v) is 7.74. The van der Waals surface area contributed by atoms with E-state index in [9.17, 15) is 13.2 Å². The molecule has 1 fully saturated rings. The number of sulfonamides is 1. The molecule has 1 aliphatic rings. The smallest absolute Gasteiger partial charge is 0.243 e. The molecule has 3 aromatic rings. The Kier molecular flexibility index (Phi) is 7.62. The Morgan fingerprint density at radius 1 is 0.971 bits per heavy atom. The summed E-state index contributed by atoms with van der Waals surface area (Å²) in [5.41, 5.74) is 2.38. The van der Waals surface area contributed by atoms with Crippen LogP contribution in [0.3, 0.4) is 0 Å². The van der Waals surface area contributed by atoms with Gasteiger partial charge in [0.25, 0.3) is 0 Å². The number of hydrogen-bond donors (Lipinski definition) is 1. The minimum Gasteiger partial charge on any atom is -0.495 e. The lowest BCUT2D eigenvalue weighted by atomic mass is 9.88. The molecule has 1 amide bonds. The Morgan fingerprint density at radius 3 is 2.12 bits per heavy atom. The highest BCUT2D eigenvalue weighted by Gasteiger charge is 2.27. The van der Waals surface area contributed by atoms with Crippen molar-refractivity contribution < 1.29 is 22.7 Å². The molecule has 1 heterocycles. The zero-order valence-electron chi connectivity index (χ0n) is 19.0. The summed E-state index contributed by atoms with van der Waals surface area (Å²) in [6.07, 6.45) is 0.192. The number of amides is 1. The Labute approximate surface area is 200 Å². The Bertz CT molecular complexity index is 1170. The second-order valence-corrected chi connectivity index (χ2v) is 9.94. The van der Waals surface area contributed by atoms with Gasteiger partial charge < -0.3 is 14.8 Å². The Hall–Kier alpha value is -3.20. The molecule has 0 saturated carbocycles. The van der Waals surface area contributed by atoms with E-state index in [2.05, 4.69) is 5.32 Å². The highest BCUT2D eigenvalue weighted by atomic mass is 32.2. The lowest BCUT2D eigenvalue weighted by Gasteiger charge is -2.26. The molecule has 1 aliphatic heterocycles. The van der Waals surface area contributed by atoms with Gasteiger partial charge in [-0.3, -0.25) is 4.79 Å². The van der Waals surface area contributed by atoms with Crippen molar-refractivity contribution in [2.75, 3.05) is 38.7 Å². The van der Waals surface area contributed by atoms with Crippen LogP contribution in [0.1, 0.15) is 23.5 Å². The molecule has 0 atom stereocenters. The van der Waals surface area contributed by atoms with Crippen molar-refractivity contribution >= 4 is 21.6 Å². The van der Waals surface area contributed by atoms with Gasteiger partial charge in [0.15, 0.2) is 0 Å². The van der Waals surface area contributed by atoms with E-state index in [4.69, 9.17) is 9.47 Å². The highest BCUT2D eigenvalue weighted by Crippen LogP contribution is 2.32. The number of nitrogens with one attached hydrogen (secondary N) is 1. The van der Waals surface area contributed by atoms with E-state index in [1.54, 1.807) is 6.07 Å². The third-order valence-electron chi connectivity index (χ3n) is 5.85. The predicted octanol–water partition coefficient (Wildman–Crippen LogP) is 3.88. The number of morpholine rings is 1. The van der Waals surface area contributed by atoms with Gasteiger partial charge in [-0.2, -0.15) is 4.31 Å². The fourth-order valence-corrected chi connectivity index (χ4v) is 5.50. The molecule has 1 N–H and O–H groups in total. The minimum atomic E-state index is -3.71. The van der Waals surface area contributed by atoms with Crippen LogP contribution >= 0.6 is 0 Å². The fraction of sp³-hybridized carbons (Fsp3) is 0.269. The van der Waals surface area contributed by atoms with Crippen molar-refractivity contribution in [1.29, 1.82) is 0 Å². The summed E-state index contributed by atoms with van der Waals surface area (Å²) in [6.45, 7) is 1.32. The van der Waals surface area contributed by atoms with E-state index >= 15 is 0 Å². The van der Waals surface area contributed by atoms with Gasteiger partial charge in [-0.15, -0.1) is 0 Å². The van der Waals surface area contributed by atoms with Crippen molar-refractivity contribution in [2.24, 2.45) is 0 Å². The maximum absolute atomic E-state index is 13.2. The average molecular weight is 481 g/mol. The first-order valence-corrected chi connectivity index (χ1v) is 12.6. The first-order valence-electron chi connectivity index (χ1n) is 11.1. The Morgan fingerprint density at radius 2 is 1.56 bits per heavy atom. The number of rotatable bonds is 8. The van der Waals surface area contributed by atoms with Gasteiger partial charge in [0.1, 0.15) is 5.75 Å². The van der Waals surface area contributed by atoms with Crippen molar-refractivity contribution in [3.63, 3.8) is 0 Å². The van der Waals surface area contributed by atoms with Crippen LogP contribution in [0.25, 0.3) is 0 Å². The van der Waals surface area contributed by atoms with E-state index in [1.807, 2.05) is 60.7 Å². The summed E-state index contributed by atoms with van der Waals surface area (Å²) in [6, 6.07) is 24.2. The first-order chi connectivity index (χ1) is 16.5. The van der Waals surface area contributed by atoms with E-state index in [-0.39, 0.29) is 23.1 Å². The maximum atomic E-state index is 13.2. The number of methoxy groups -OCH3 is 1. The molecule has 3 aromatic carbocycles. The monoisotopic (exact) mass is 480 g/mol. The largest absolute Gasteiger partial charge is 0.495 e. The average Bonchev–Trinajstić information content (AvgIpc) is 2.89.